The number of benzene rings is 1. The summed E-state index contributed by atoms with van der Waals surface area (Å²) in [5.41, 5.74) is 0.356. The topological polar surface area (TPSA) is 66.4 Å². The first-order valence-corrected chi connectivity index (χ1v) is 7.04. The summed E-state index contributed by atoms with van der Waals surface area (Å²) in [6.07, 6.45) is 5.50. The first-order valence-electron chi connectivity index (χ1n) is 7.04. The van der Waals surface area contributed by atoms with Gasteiger partial charge in [0.2, 0.25) is 5.91 Å². The van der Waals surface area contributed by atoms with Crippen molar-refractivity contribution in [3.05, 3.63) is 42.2 Å². The molecule has 0 aromatic heterocycles. The van der Waals surface area contributed by atoms with Crippen LogP contribution in [-0.2, 0) is 9.59 Å². The van der Waals surface area contributed by atoms with Gasteiger partial charge in [0.05, 0.1) is 11.8 Å². The molecule has 0 aliphatic heterocycles. The molecule has 1 fully saturated rings. The predicted octanol–water partition coefficient (Wildman–Crippen LogP) is 2.68. The maximum atomic E-state index is 13.2. The maximum Gasteiger partial charge on any atom is 0.307 e. The van der Waals surface area contributed by atoms with E-state index >= 15 is 0 Å². The van der Waals surface area contributed by atoms with Crippen LogP contribution >= 0.6 is 0 Å². The second-order valence-electron chi connectivity index (χ2n) is 5.68. The van der Waals surface area contributed by atoms with Crippen molar-refractivity contribution in [2.24, 2.45) is 23.7 Å². The lowest BCUT2D eigenvalue weighted by molar-refractivity contribution is -0.151. The fourth-order valence-corrected chi connectivity index (χ4v) is 3.48. The predicted molar refractivity (Wildman–Crippen MR) is 75.0 cm³/mol. The third kappa shape index (κ3) is 2.55. The van der Waals surface area contributed by atoms with Gasteiger partial charge in [0.1, 0.15) is 5.82 Å². The van der Waals surface area contributed by atoms with Crippen LogP contribution in [0.25, 0.3) is 0 Å². The van der Waals surface area contributed by atoms with Gasteiger partial charge >= 0.3 is 5.97 Å². The number of carboxylic acid groups (broad SMARTS) is 1. The second kappa shape index (κ2) is 5.31. The molecule has 3 aliphatic rings. The Morgan fingerprint density at radius 3 is 2.38 bits per heavy atom. The summed E-state index contributed by atoms with van der Waals surface area (Å²) in [5, 5.41) is 12.1. The largest absolute Gasteiger partial charge is 0.481 e. The first-order chi connectivity index (χ1) is 10.1. The number of carbonyl (C=O) groups excluding carboxylic acids is 1. The van der Waals surface area contributed by atoms with Gasteiger partial charge in [-0.3, -0.25) is 9.59 Å². The van der Waals surface area contributed by atoms with Crippen molar-refractivity contribution in [3.63, 3.8) is 0 Å². The Labute approximate surface area is 121 Å². The molecule has 110 valence electrons. The van der Waals surface area contributed by atoms with E-state index in [4.69, 9.17) is 0 Å². The number of allylic oxidation sites excluding steroid dienone is 2. The Kier molecular flexibility index (Phi) is 3.49. The summed E-state index contributed by atoms with van der Waals surface area (Å²) in [5.74, 6) is -3.13. The van der Waals surface area contributed by atoms with Gasteiger partial charge in [0.25, 0.3) is 0 Å². The number of carbonyl (C=O) groups is 2. The average molecular weight is 289 g/mol. The lowest BCUT2D eigenvalue weighted by Gasteiger charge is -2.41. The molecule has 5 heteroatoms. The van der Waals surface area contributed by atoms with Gasteiger partial charge in [-0.25, -0.2) is 4.39 Å². The fourth-order valence-electron chi connectivity index (χ4n) is 3.48. The van der Waals surface area contributed by atoms with Crippen LogP contribution in [0.1, 0.15) is 12.8 Å². The van der Waals surface area contributed by atoms with E-state index < -0.39 is 23.6 Å². The minimum atomic E-state index is -0.937. The molecule has 1 amide bonds. The maximum absolute atomic E-state index is 13.2. The van der Waals surface area contributed by atoms with Gasteiger partial charge in [-0.1, -0.05) is 18.2 Å². The quantitative estimate of drug-likeness (QED) is 0.841. The molecule has 3 aliphatic carbocycles. The van der Waals surface area contributed by atoms with Crippen LogP contribution in [0.3, 0.4) is 0 Å². The highest BCUT2D eigenvalue weighted by Gasteiger charge is 2.48. The van der Waals surface area contributed by atoms with E-state index in [1.807, 2.05) is 12.2 Å². The number of hydrogen-bond acceptors (Lipinski definition) is 2. The van der Waals surface area contributed by atoms with Gasteiger partial charge in [0, 0.05) is 5.69 Å². The number of nitrogens with one attached hydrogen (secondary N) is 1. The smallest absolute Gasteiger partial charge is 0.307 e. The third-order valence-corrected chi connectivity index (χ3v) is 4.43. The molecule has 1 aromatic rings. The van der Waals surface area contributed by atoms with E-state index in [0.29, 0.717) is 5.69 Å². The van der Waals surface area contributed by atoms with E-state index in [1.54, 1.807) is 6.07 Å². The molecule has 0 radical (unpaired) electrons. The normalized spacial score (nSPS) is 30.1. The molecule has 4 nitrogen and oxygen atoms in total. The molecule has 0 spiro atoms. The van der Waals surface area contributed by atoms with Crippen LogP contribution < -0.4 is 5.32 Å². The molecule has 0 heterocycles. The number of rotatable bonds is 3. The van der Waals surface area contributed by atoms with Crippen molar-refractivity contribution in [3.8, 4) is 0 Å². The zero-order chi connectivity index (χ0) is 15.0. The van der Waals surface area contributed by atoms with E-state index in [1.165, 1.54) is 18.2 Å². The van der Waals surface area contributed by atoms with Crippen molar-refractivity contribution in [1.82, 2.24) is 0 Å². The highest BCUT2D eigenvalue weighted by molar-refractivity contribution is 5.96. The molecule has 4 rings (SSSR count). The number of halogens is 1. The van der Waals surface area contributed by atoms with Gasteiger partial charge in [0.15, 0.2) is 0 Å². The van der Waals surface area contributed by atoms with E-state index in [9.17, 15) is 19.1 Å². The minimum Gasteiger partial charge on any atom is -0.481 e. The summed E-state index contributed by atoms with van der Waals surface area (Å²) < 4.78 is 13.2. The van der Waals surface area contributed by atoms with Crippen molar-refractivity contribution >= 4 is 17.6 Å². The monoisotopic (exact) mass is 289 g/mol. The number of aliphatic carboxylic acids is 1. The van der Waals surface area contributed by atoms with E-state index in [0.717, 1.165) is 12.8 Å². The lowest BCUT2D eigenvalue weighted by atomic mass is 9.62. The summed E-state index contributed by atoms with van der Waals surface area (Å²) >= 11 is 0. The molecule has 0 unspecified atom stereocenters. The van der Waals surface area contributed by atoms with Crippen LogP contribution in [0, 0.1) is 29.5 Å². The van der Waals surface area contributed by atoms with Gasteiger partial charge in [-0.05, 0) is 42.9 Å². The Morgan fingerprint density at radius 1 is 1.14 bits per heavy atom. The lowest BCUT2D eigenvalue weighted by Crippen LogP contribution is -2.47. The van der Waals surface area contributed by atoms with Gasteiger partial charge in [-0.2, -0.15) is 0 Å². The van der Waals surface area contributed by atoms with Crippen molar-refractivity contribution in [2.75, 3.05) is 5.32 Å². The molecule has 0 saturated heterocycles. The summed E-state index contributed by atoms with van der Waals surface area (Å²) in [7, 11) is 0. The van der Waals surface area contributed by atoms with Gasteiger partial charge < -0.3 is 10.4 Å². The molecule has 2 bridgehead atoms. The van der Waals surface area contributed by atoms with Crippen LogP contribution in [0.2, 0.25) is 0 Å². The first kappa shape index (κ1) is 13.8. The summed E-state index contributed by atoms with van der Waals surface area (Å²) in [6.45, 7) is 0. The molecule has 1 saturated carbocycles. The average Bonchev–Trinajstić information content (AvgIpc) is 2.47. The number of carboxylic acids is 1. The van der Waals surface area contributed by atoms with Gasteiger partial charge in [-0.15, -0.1) is 0 Å². The number of hydrogen-bond donors (Lipinski definition) is 2. The summed E-state index contributed by atoms with van der Waals surface area (Å²) in [6, 6.07) is 5.62. The summed E-state index contributed by atoms with van der Waals surface area (Å²) in [4.78, 5) is 23.9. The third-order valence-electron chi connectivity index (χ3n) is 4.43. The molecular formula is C16H16FNO3. The highest BCUT2D eigenvalue weighted by atomic mass is 19.1. The molecule has 4 atom stereocenters. The fraction of sp³-hybridized carbons (Fsp3) is 0.375. The molecule has 1 aromatic carbocycles. The van der Waals surface area contributed by atoms with Crippen LogP contribution in [-0.4, -0.2) is 17.0 Å². The number of anilines is 1. The molecule has 2 N–H and O–H groups in total. The number of fused-ring (bicyclic) bond motifs is 2. The second-order valence-corrected chi connectivity index (χ2v) is 5.68. The zero-order valence-electron chi connectivity index (χ0n) is 11.3. The van der Waals surface area contributed by atoms with Crippen LogP contribution in [0.4, 0.5) is 10.1 Å². The Hall–Kier alpha value is -2.17. The Bertz CT molecular complexity index is 613. The minimum absolute atomic E-state index is 0.0512. The van der Waals surface area contributed by atoms with E-state index in [2.05, 4.69) is 5.32 Å². The van der Waals surface area contributed by atoms with Crippen molar-refractivity contribution in [2.45, 2.75) is 12.8 Å². The molecule has 21 heavy (non-hydrogen) atoms. The zero-order valence-corrected chi connectivity index (χ0v) is 11.3. The highest BCUT2D eigenvalue weighted by Crippen LogP contribution is 2.45. The molecular weight excluding hydrogens is 273 g/mol. The standard InChI is InChI=1S/C16H16FNO3/c17-11-2-1-3-12(8-11)18-15(19)13-9-4-6-10(7-5-9)14(13)16(20)21/h1-4,6,8-10,13-14H,5,7H2,(H,18,19)(H,20,21)/t9-,10-,13+,14+/m0/s1. The Balaban J connectivity index is 1.83. The van der Waals surface area contributed by atoms with E-state index in [-0.39, 0.29) is 17.7 Å². The SMILES string of the molecule is O=C(O)[C@H]1[C@H](C(=O)Nc2cccc(F)c2)[C@H]2C=C[C@H]1CC2. The van der Waals surface area contributed by atoms with Crippen LogP contribution in [0.15, 0.2) is 36.4 Å². The Morgan fingerprint density at radius 2 is 1.81 bits per heavy atom. The number of amides is 1. The van der Waals surface area contributed by atoms with Crippen molar-refractivity contribution < 1.29 is 19.1 Å². The van der Waals surface area contributed by atoms with Crippen molar-refractivity contribution in [1.29, 1.82) is 0 Å². The van der Waals surface area contributed by atoms with Crippen LogP contribution in [0.5, 0.6) is 0 Å².